The van der Waals surface area contributed by atoms with Gasteiger partial charge in [0.15, 0.2) is 0 Å². The Labute approximate surface area is 189 Å². The van der Waals surface area contributed by atoms with Crippen LogP contribution in [0, 0.1) is 5.82 Å². The van der Waals surface area contributed by atoms with Crippen LogP contribution in [0.2, 0.25) is 0 Å². The average Bonchev–Trinajstić information content (AvgIpc) is 3.31. The molecular weight excluding hydrogens is 423 g/mol. The Bertz CT molecular complexity index is 1240. The van der Waals surface area contributed by atoms with Crippen LogP contribution in [0.3, 0.4) is 0 Å². The number of carbonyl (C=O) groups excluding carboxylic acids is 2. The molecule has 0 saturated heterocycles. The molecule has 1 aromatic heterocycles. The highest BCUT2D eigenvalue weighted by Gasteiger charge is 2.09. The molecule has 0 saturated carbocycles. The summed E-state index contributed by atoms with van der Waals surface area (Å²) in [6, 6.07) is 22.5. The van der Waals surface area contributed by atoms with Gasteiger partial charge in [0.05, 0.1) is 6.54 Å². The SMILES string of the molecule is O=C(CCc1cccc(F)c1)NNC(=O)c1ccc(Cn2nnc(-c3ccccc3)n2)cc1. The molecule has 0 atom stereocenters. The minimum absolute atomic E-state index is 0.124. The van der Waals surface area contributed by atoms with Gasteiger partial charge in [-0.05, 0) is 47.0 Å². The molecule has 0 aliphatic heterocycles. The number of nitrogens with zero attached hydrogens (tertiary/aromatic N) is 4. The predicted molar refractivity (Wildman–Crippen MR) is 119 cm³/mol. The van der Waals surface area contributed by atoms with E-state index in [9.17, 15) is 14.0 Å². The zero-order chi connectivity index (χ0) is 23.0. The quantitative estimate of drug-likeness (QED) is 0.427. The summed E-state index contributed by atoms with van der Waals surface area (Å²) < 4.78 is 13.2. The van der Waals surface area contributed by atoms with Crippen LogP contribution in [-0.2, 0) is 17.8 Å². The molecular formula is C24H21FN6O2. The highest BCUT2D eigenvalue weighted by molar-refractivity contribution is 5.95. The van der Waals surface area contributed by atoms with Gasteiger partial charge in [0.2, 0.25) is 11.7 Å². The van der Waals surface area contributed by atoms with Crippen molar-refractivity contribution in [3.05, 3.63) is 101 Å². The average molecular weight is 444 g/mol. The topological polar surface area (TPSA) is 102 Å². The number of amides is 2. The summed E-state index contributed by atoms with van der Waals surface area (Å²) in [4.78, 5) is 25.7. The molecule has 0 fully saturated rings. The first kappa shape index (κ1) is 21.8. The molecule has 9 heteroatoms. The molecule has 4 rings (SSSR count). The van der Waals surface area contributed by atoms with Crippen LogP contribution in [0.25, 0.3) is 11.4 Å². The first-order chi connectivity index (χ1) is 16.1. The van der Waals surface area contributed by atoms with E-state index in [-0.39, 0.29) is 18.1 Å². The number of aryl methyl sites for hydroxylation is 1. The van der Waals surface area contributed by atoms with Crippen molar-refractivity contribution in [2.45, 2.75) is 19.4 Å². The fourth-order valence-electron chi connectivity index (χ4n) is 3.15. The molecule has 0 spiro atoms. The normalized spacial score (nSPS) is 10.6. The maximum Gasteiger partial charge on any atom is 0.269 e. The third-order valence-corrected chi connectivity index (χ3v) is 4.87. The van der Waals surface area contributed by atoms with E-state index in [1.807, 2.05) is 30.3 Å². The van der Waals surface area contributed by atoms with Crippen molar-refractivity contribution in [3.63, 3.8) is 0 Å². The molecule has 0 aliphatic carbocycles. The molecule has 2 amide bonds. The molecule has 0 unspecified atom stereocenters. The second-order valence-corrected chi connectivity index (χ2v) is 7.34. The van der Waals surface area contributed by atoms with Crippen molar-refractivity contribution < 1.29 is 14.0 Å². The van der Waals surface area contributed by atoms with Crippen molar-refractivity contribution in [3.8, 4) is 11.4 Å². The Balaban J connectivity index is 1.26. The first-order valence-electron chi connectivity index (χ1n) is 10.3. The number of hydrazine groups is 1. The van der Waals surface area contributed by atoms with E-state index in [1.165, 1.54) is 16.9 Å². The van der Waals surface area contributed by atoms with Gasteiger partial charge in [0.25, 0.3) is 5.91 Å². The van der Waals surface area contributed by atoms with Gasteiger partial charge < -0.3 is 0 Å². The molecule has 33 heavy (non-hydrogen) atoms. The molecule has 0 bridgehead atoms. The first-order valence-corrected chi connectivity index (χ1v) is 10.3. The number of nitrogens with one attached hydrogen (secondary N) is 2. The summed E-state index contributed by atoms with van der Waals surface area (Å²) >= 11 is 0. The van der Waals surface area contributed by atoms with Gasteiger partial charge in [0, 0.05) is 17.5 Å². The summed E-state index contributed by atoms with van der Waals surface area (Å²) in [5, 5.41) is 12.5. The Morgan fingerprint density at radius 1 is 0.879 bits per heavy atom. The smallest absolute Gasteiger partial charge is 0.269 e. The second kappa shape index (κ2) is 10.3. The van der Waals surface area contributed by atoms with E-state index in [4.69, 9.17) is 0 Å². The van der Waals surface area contributed by atoms with E-state index < -0.39 is 5.91 Å². The Hall–Kier alpha value is -4.40. The van der Waals surface area contributed by atoms with Crippen molar-refractivity contribution in [1.82, 2.24) is 31.1 Å². The van der Waals surface area contributed by atoms with E-state index in [0.717, 1.165) is 11.1 Å². The lowest BCUT2D eigenvalue weighted by atomic mass is 10.1. The maximum atomic E-state index is 13.2. The van der Waals surface area contributed by atoms with Gasteiger partial charge in [-0.2, -0.15) is 4.80 Å². The molecule has 8 nitrogen and oxygen atoms in total. The number of hydrogen-bond donors (Lipinski definition) is 2. The predicted octanol–water partition coefficient (Wildman–Crippen LogP) is 2.92. The maximum absolute atomic E-state index is 13.2. The molecule has 166 valence electrons. The molecule has 4 aromatic rings. The highest BCUT2D eigenvalue weighted by atomic mass is 19.1. The van der Waals surface area contributed by atoms with Gasteiger partial charge >= 0.3 is 0 Å². The van der Waals surface area contributed by atoms with Crippen molar-refractivity contribution >= 4 is 11.8 Å². The van der Waals surface area contributed by atoms with Gasteiger partial charge in [-0.1, -0.05) is 54.6 Å². The molecule has 3 aromatic carbocycles. The number of aromatic nitrogens is 4. The third-order valence-electron chi connectivity index (χ3n) is 4.87. The van der Waals surface area contributed by atoms with Crippen LogP contribution in [0.5, 0.6) is 0 Å². The number of halogens is 1. The van der Waals surface area contributed by atoms with Crippen molar-refractivity contribution in [2.24, 2.45) is 0 Å². The summed E-state index contributed by atoms with van der Waals surface area (Å²) in [5.74, 6) is -0.609. The standard InChI is InChI=1S/C24H21FN6O2/c25-21-8-4-5-17(15-21)11-14-22(32)26-28-24(33)20-12-9-18(10-13-20)16-31-29-23(27-30-31)19-6-2-1-3-7-19/h1-10,12-13,15H,11,14,16H2,(H,26,32)(H,28,33). The van der Waals surface area contributed by atoms with E-state index in [0.29, 0.717) is 29.9 Å². The third kappa shape index (κ3) is 6.07. The number of hydrogen-bond acceptors (Lipinski definition) is 5. The van der Waals surface area contributed by atoms with Crippen LogP contribution in [0.15, 0.2) is 78.9 Å². The fourth-order valence-corrected chi connectivity index (χ4v) is 3.15. The Morgan fingerprint density at radius 3 is 2.42 bits per heavy atom. The fraction of sp³-hybridized carbons (Fsp3) is 0.125. The largest absolute Gasteiger partial charge is 0.273 e. The highest BCUT2D eigenvalue weighted by Crippen LogP contribution is 2.13. The second-order valence-electron chi connectivity index (χ2n) is 7.34. The Morgan fingerprint density at radius 2 is 1.67 bits per heavy atom. The van der Waals surface area contributed by atoms with Gasteiger partial charge in [0.1, 0.15) is 5.82 Å². The lowest BCUT2D eigenvalue weighted by molar-refractivity contribution is -0.121. The monoisotopic (exact) mass is 444 g/mol. The molecule has 0 radical (unpaired) electrons. The zero-order valence-corrected chi connectivity index (χ0v) is 17.6. The van der Waals surface area contributed by atoms with Crippen LogP contribution < -0.4 is 10.9 Å². The van der Waals surface area contributed by atoms with Crippen LogP contribution in [0.4, 0.5) is 4.39 Å². The Kier molecular flexibility index (Phi) is 6.79. The number of carbonyl (C=O) groups is 2. The minimum Gasteiger partial charge on any atom is -0.273 e. The summed E-state index contributed by atoms with van der Waals surface area (Å²) in [7, 11) is 0. The zero-order valence-electron chi connectivity index (χ0n) is 17.6. The van der Waals surface area contributed by atoms with Gasteiger partial charge in [-0.15, -0.1) is 10.2 Å². The van der Waals surface area contributed by atoms with Crippen LogP contribution in [-0.4, -0.2) is 32.0 Å². The van der Waals surface area contributed by atoms with E-state index >= 15 is 0 Å². The molecule has 0 aliphatic rings. The summed E-state index contributed by atoms with van der Waals surface area (Å²) in [6.45, 7) is 0.401. The lowest BCUT2D eigenvalue weighted by Crippen LogP contribution is -2.41. The van der Waals surface area contributed by atoms with Crippen LogP contribution in [0.1, 0.15) is 27.9 Å². The van der Waals surface area contributed by atoms with E-state index in [2.05, 4.69) is 26.3 Å². The van der Waals surface area contributed by atoms with Crippen molar-refractivity contribution in [1.29, 1.82) is 0 Å². The van der Waals surface area contributed by atoms with Gasteiger partial charge in [-0.3, -0.25) is 20.4 Å². The molecule has 1 heterocycles. The van der Waals surface area contributed by atoms with Crippen molar-refractivity contribution in [2.75, 3.05) is 0 Å². The van der Waals surface area contributed by atoms with E-state index in [1.54, 1.807) is 36.4 Å². The molecule has 2 N–H and O–H groups in total. The van der Waals surface area contributed by atoms with Crippen LogP contribution >= 0.6 is 0 Å². The number of benzene rings is 3. The number of rotatable bonds is 7. The minimum atomic E-state index is -0.439. The summed E-state index contributed by atoms with van der Waals surface area (Å²) in [5.41, 5.74) is 7.64. The summed E-state index contributed by atoms with van der Waals surface area (Å²) in [6.07, 6.45) is 0.495. The number of tetrazole rings is 1. The lowest BCUT2D eigenvalue weighted by Gasteiger charge is -2.08. The van der Waals surface area contributed by atoms with Gasteiger partial charge in [-0.25, -0.2) is 4.39 Å².